The zero-order valence-electron chi connectivity index (χ0n) is 65.0. The number of carbonyl (C=O) groups excluding carboxylic acids is 4. The first-order chi connectivity index (χ1) is 48.4. The molecule has 0 saturated heterocycles. The minimum Gasteiger partial charge on any atom is -0.462 e. The van der Waals surface area contributed by atoms with Crippen LogP contribution in [-0.2, 0) is 65.4 Å². The zero-order chi connectivity index (χ0) is 73.5. The highest BCUT2D eigenvalue weighted by atomic mass is 31.2. The molecule has 0 aliphatic rings. The van der Waals surface area contributed by atoms with Crippen molar-refractivity contribution < 1.29 is 80.2 Å². The Morgan fingerprint density at radius 2 is 0.590 bits per heavy atom. The molecule has 19 heteroatoms. The minimum atomic E-state index is -4.96. The lowest BCUT2D eigenvalue weighted by Gasteiger charge is -2.21. The van der Waals surface area contributed by atoms with E-state index in [4.69, 9.17) is 37.0 Å². The van der Waals surface area contributed by atoms with Gasteiger partial charge in [-0.2, -0.15) is 0 Å². The summed E-state index contributed by atoms with van der Waals surface area (Å²) in [6.07, 6.45) is 65.1. The molecule has 0 radical (unpaired) electrons. The van der Waals surface area contributed by atoms with E-state index < -0.39 is 97.5 Å². The van der Waals surface area contributed by atoms with Gasteiger partial charge in [-0.25, -0.2) is 9.13 Å². The van der Waals surface area contributed by atoms with E-state index in [1.165, 1.54) is 199 Å². The predicted octanol–water partition coefficient (Wildman–Crippen LogP) is 23.8. The van der Waals surface area contributed by atoms with Crippen molar-refractivity contribution in [3.63, 3.8) is 0 Å². The summed E-state index contributed by atoms with van der Waals surface area (Å²) < 4.78 is 68.4. The maximum Gasteiger partial charge on any atom is 0.472 e. The van der Waals surface area contributed by atoms with E-state index in [0.29, 0.717) is 25.7 Å². The second kappa shape index (κ2) is 72.1. The Morgan fingerprint density at radius 1 is 0.330 bits per heavy atom. The smallest absolute Gasteiger partial charge is 0.462 e. The normalized spacial score (nSPS) is 14.3. The lowest BCUT2D eigenvalue weighted by Crippen LogP contribution is -2.30. The Labute approximate surface area is 612 Å². The summed E-state index contributed by atoms with van der Waals surface area (Å²) >= 11 is 0. The first kappa shape index (κ1) is 97.5. The fourth-order valence-electron chi connectivity index (χ4n) is 12.0. The molecule has 0 aliphatic heterocycles. The zero-order valence-corrected chi connectivity index (χ0v) is 66.8. The maximum atomic E-state index is 13.1. The average molecular weight is 1460 g/mol. The van der Waals surface area contributed by atoms with Crippen molar-refractivity contribution in [2.45, 2.75) is 419 Å². The molecule has 0 aromatic carbocycles. The molecule has 0 heterocycles. The molecular formula is C81H154O17P2. The van der Waals surface area contributed by atoms with Gasteiger partial charge >= 0.3 is 39.5 Å². The van der Waals surface area contributed by atoms with Crippen LogP contribution in [-0.4, -0.2) is 96.7 Å². The van der Waals surface area contributed by atoms with E-state index in [1.54, 1.807) is 0 Å². The van der Waals surface area contributed by atoms with Crippen LogP contribution in [0.3, 0.4) is 0 Å². The number of hydrogen-bond donors (Lipinski definition) is 3. The molecule has 3 N–H and O–H groups in total. The van der Waals surface area contributed by atoms with E-state index in [0.717, 1.165) is 121 Å². The third-order valence-electron chi connectivity index (χ3n) is 18.7. The second-order valence-electron chi connectivity index (χ2n) is 29.2. The summed E-state index contributed by atoms with van der Waals surface area (Å²) in [6.45, 7) is 9.56. The SMILES string of the molecule is CCCCCC/C=C\C=C/CCCCCCCC(=O)O[C@H](COC(=O)CCCCCCC)COP(=O)(O)OC[C@H](O)COP(=O)(O)OC[C@@H](COC(=O)CCCCCCCCCCCCCCCCCC(C)C)OC(=O)CCCCCCCCCCCCCCCCCCCCC(C)CC. The Kier molecular flexibility index (Phi) is 70.3. The van der Waals surface area contributed by atoms with Gasteiger partial charge < -0.3 is 33.8 Å². The van der Waals surface area contributed by atoms with Crippen LogP contribution in [0, 0.1) is 11.8 Å². The number of esters is 4. The maximum absolute atomic E-state index is 13.1. The van der Waals surface area contributed by atoms with Crippen molar-refractivity contribution in [1.29, 1.82) is 0 Å². The molecule has 17 nitrogen and oxygen atoms in total. The fraction of sp³-hybridized carbons (Fsp3) is 0.901. The molecule has 0 rings (SSSR count). The Bertz CT molecular complexity index is 2020. The lowest BCUT2D eigenvalue weighted by molar-refractivity contribution is -0.161. The molecular weight excluding hydrogens is 1310 g/mol. The molecule has 0 amide bonds. The van der Waals surface area contributed by atoms with Crippen LogP contribution in [0.2, 0.25) is 0 Å². The number of rotatable bonds is 78. The van der Waals surface area contributed by atoms with Crippen LogP contribution >= 0.6 is 15.6 Å². The number of aliphatic hydroxyl groups is 1. The first-order valence-electron chi connectivity index (χ1n) is 41.3. The molecule has 100 heavy (non-hydrogen) atoms. The standard InChI is InChI=1S/C81H154O17P2/c1-7-10-12-14-15-16-17-18-24-32-37-42-47-53-59-65-80(85)97-76(69-91-78(83)63-57-49-13-11-8-2)71-95-99(87,88)93-67-75(82)68-94-100(89,90)96-72-77(70-92-79(84)64-58-52-46-41-36-31-28-23-25-29-34-39-44-50-55-61-73(4)5)98-81(86)66-60-54-48-43-38-33-27-22-20-19-21-26-30-35-40-45-51-56-62-74(6)9-3/h16-18,24,73-77,82H,7-15,19-23,25-72H2,1-6H3,(H,87,88)(H,89,90)/b17-16-,24-18-/t74?,75-,76+,77+/m0/s1. The molecule has 3 unspecified atom stereocenters. The summed E-state index contributed by atoms with van der Waals surface area (Å²) in [4.78, 5) is 72.7. The molecule has 590 valence electrons. The Morgan fingerprint density at radius 3 is 0.900 bits per heavy atom. The van der Waals surface area contributed by atoms with Crippen LogP contribution in [0.5, 0.6) is 0 Å². The summed E-state index contributed by atoms with van der Waals surface area (Å²) in [7, 11) is -9.92. The van der Waals surface area contributed by atoms with Gasteiger partial charge in [-0.1, -0.05) is 348 Å². The van der Waals surface area contributed by atoms with Crippen molar-refractivity contribution in [3.8, 4) is 0 Å². The van der Waals surface area contributed by atoms with Crippen LogP contribution in [0.15, 0.2) is 24.3 Å². The van der Waals surface area contributed by atoms with Crippen LogP contribution in [0.25, 0.3) is 0 Å². The molecule has 0 bridgehead atoms. The minimum absolute atomic E-state index is 0.0842. The van der Waals surface area contributed by atoms with Gasteiger partial charge in [0.25, 0.3) is 0 Å². The van der Waals surface area contributed by atoms with Gasteiger partial charge in [-0.15, -0.1) is 0 Å². The number of phosphoric acid groups is 2. The van der Waals surface area contributed by atoms with Gasteiger partial charge in [0.05, 0.1) is 26.4 Å². The van der Waals surface area contributed by atoms with E-state index in [1.807, 2.05) is 0 Å². The Balaban J connectivity index is 5.15. The number of carbonyl (C=O) groups is 4. The fourth-order valence-corrected chi connectivity index (χ4v) is 13.5. The second-order valence-corrected chi connectivity index (χ2v) is 32.1. The highest BCUT2D eigenvalue weighted by Crippen LogP contribution is 2.45. The molecule has 6 atom stereocenters. The molecule has 0 aromatic rings. The van der Waals surface area contributed by atoms with Crippen LogP contribution < -0.4 is 0 Å². The largest absolute Gasteiger partial charge is 0.472 e. The first-order valence-corrected chi connectivity index (χ1v) is 44.3. The van der Waals surface area contributed by atoms with Crippen molar-refractivity contribution in [1.82, 2.24) is 0 Å². The van der Waals surface area contributed by atoms with Gasteiger partial charge in [0.15, 0.2) is 12.2 Å². The van der Waals surface area contributed by atoms with Gasteiger partial charge in [-0.3, -0.25) is 37.3 Å². The van der Waals surface area contributed by atoms with Gasteiger partial charge in [0.1, 0.15) is 19.3 Å². The third-order valence-corrected chi connectivity index (χ3v) is 20.6. The summed E-state index contributed by atoms with van der Waals surface area (Å²) in [6, 6.07) is 0. The van der Waals surface area contributed by atoms with Gasteiger partial charge in [-0.05, 0) is 63.2 Å². The van der Waals surface area contributed by atoms with Crippen molar-refractivity contribution >= 4 is 39.5 Å². The van der Waals surface area contributed by atoms with E-state index in [-0.39, 0.29) is 25.7 Å². The molecule has 0 aliphatic carbocycles. The van der Waals surface area contributed by atoms with Crippen molar-refractivity contribution in [3.05, 3.63) is 24.3 Å². The van der Waals surface area contributed by atoms with Gasteiger partial charge in [0.2, 0.25) is 0 Å². The quantitative estimate of drug-likeness (QED) is 0.0169. The lowest BCUT2D eigenvalue weighted by atomic mass is 9.99. The highest BCUT2D eigenvalue weighted by Gasteiger charge is 2.30. The number of allylic oxidation sites excluding steroid dienone is 4. The van der Waals surface area contributed by atoms with Gasteiger partial charge in [0, 0.05) is 25.7 Å². The summed E-state index contributed by atoms with van der Waals surface area (Å²) in [5, 5.41) is 10.6. The third kappa shape index (κ3) is 72.5. The topological polar surface area (TPSA) is 237 Å². The average Bonchev–Trinajstić information content (AvgIpc) is 0.919. The number of hydrogen-bond acceptors (Lipinski definition) is 15. The molecule has 0 spiro atoms. The number of phosphoric ester groups is 2. The van der Waals surface area contributed by atoms with Crippen molar-refractivity contribution in [2.75, 3.05) is 39.6 Å². The van der Waals surface area contributed by atoms with E-state index >= 15 is 0 Å². The molecule has 0 aromatic heterocycles. The van der Waals surface area contributed by atoms with Crippen LogP contribution in [0.4, 0.5) is 0 Å². The highest BCUT2D eigenvalue weighted by molar-refractivity contribution is 7.47. The Hall–Kier alpha value is -2.46. The predicted molar refractivity (Wildman–Crippen MR) is 409 cm³/mol. The molecule has 0 fully saturated rings. The van der Waals surface area contributed by atoms with Crippen LogP contribution in [0.1, 0.15) is 401 Å². The molecule has 0 saturated carbocycles. The summed E-state index contributed by atoms with van der Waals surface area (Å²) in [5.41, 5.74) is 0. The van der Waals surface area contributed by atoms with Crippen molar-refractivity contribution in [2.24, 2.45) is 11.8 Å². The monoisotopic (exact) mass is 1460 g/mol. The summed E-state index contributed by atoms with van der Waals surface area (Å²) in [5.74, 6) is -0.477. The van der Waals surface area contributed by atoms with E-state index in [2.05, 4.69) is 65.8 Å². The number of aliphatic hydroxyl groups excluding tert-OH is 1. The number of unbranched alkanes of at least 4 members (excludes halogenated alkanes) is 44. The van der Waals surface area contributed by atoms with E-state index in [9.17, 15) is 43.2 Å². The number of ether oxygens (including phenoxy) is 4.